The van der Waals surface area contributed by atoms with E-state index in [1.165, 1.54) is 29.5 Å². The van der Waals surface area contributed by atoms with E-state index >= 15 is 0 Å². The molecule has 28 heavy (non-hydrogen) atoms. The van der Waals surface area contributed by atoms with Gasteiger partial charge in [0.1, 0.15) is 6.10 Å². The summed E-state index contributed by atoms with van der Waals surface area (Å²) in [6, 6.07) is 16.7. The topological polar surface area (TPSA) is 61.4 Å². The van der Waals surface area contributed by atoms with E-state index in [4.69, 9.17) is 0 Å². The minimum Gasteiger partial charge on any atom is -0.383 e. The highest BCUT2D eigenvalue weighted by molar-refractivity contribution is 7.12. The Balaban J connectivity index is 1.60. The van der Waals surface area contributed by atoms with Crippen molar-refractivity contribution in [3.05, 3.63) is 87.6 Å². The maximum absolute atomic E-state index is 13.0. The van der Waals surface area contributed by atoms with Crippen LogP contribution in [0.5, 0.6) is 0 Å². The van der Waals surface area contributed by atoms with E-state index in [-0.39, 0.29) is 12.2 Å². The summed E-state index contributed by atoms with van der Waals surface area (Å²) < 4.78 is 38.9. The number of hydrogen-bond acceptors (Lipinski definition) is 3. The van der Waals surface area contributed by atoms with Crippen LogP contribution in [-0.2, 0) is 12.7 Å². The lowest BCUT2D eigenvalue weighted by atomic mass is 10.1. The first kappa shape index (κ1) is 19.9. The number of benzene rings is 2. The van der Waals surface area contributed by atoms with Gasteiger partial charge in [-0.25, -0.2) is 4.79 Å². The molecule has 0 fully saturated rings. The van der Waals surface area contributed by atoms with Crippen LogP contribution in [0.25, 0.3) is 0 Å². The number of nitrogens with one attached hydrogen (secondary N) is 2. The van der Waals surface area contributed by atoms with Crippen LogP contribution in [0.15, 0.2) is 66.7 Å². The molecule has 146 valence electrons. The number of aliphatic hydroxyl groups excluding tert-OH is 1. The van der Waals surface area contributed by atoms with Gasteiger partial charge in [-0.2, -0.15) is 13.2 Å². The second-order valence-electron chi connectivity index (χ2n) is 5.97. The van der Waals surface area contributed by atoms with Gasteiger partial charge in [-0.15, -0.1) is 11.3 Å². The van der Waals surface area contributed by atoms with Gasteiger partial charge in [0.05, 0.1) is 17.8 Å². The lowest BCUT2D eigenvalue weighted by Crippen LogP contribution is -2.28. The third kappa shape index (κ3) is 4.90. The monoisotopic (exact) mass is 406 g/mol. The van der Waals surface area contributed by atoms with Gasteiger partial charge < -0.3 is 15.7 Å². The molecule has 8 heteroatoms. The van der Waals surface area contributed by atoms with E-state index in [1.54, 1.807) is 12.1 Å². The number of para-hydroxylation sites is 1. The third-order valence-electron chi connectivity index (χ3n) is 3.97. The van der Waals surface area contributed by atoms with Gasteiger partial charge in [0, 0.05) is 9.75 Å². The Morgan fingerprint density at radius 1 is 1.00 bits per heavy atom. The summed E-state index contributed by atoms with van der Waals surface area (Å²) in [6.45, 7) is 0.131. The molecule has 2 amide bonds. The Morgan fingerprint density at radius 2 is 1.68 bits per heavy atom. The van der Waals surface area contributed by atoms with Gasteiger partial charge in [0.2, 0.25) is 0 Å². The molecule has 0 aliphatic heterocycles. The average molecular weight is 406 g/mol. The van der Waals surface area contributed by atoms with Crippen molar-refractivity contribution in [2.24, 2.45) is 0 Å². The molecule has 0 saturated heterocycles. The van der Waals surface area contributed by atoms with Gasteiger partial charge in [-0.05, 0) is 29.8 Å². The fourth-order valence-corrected chi connectivity index (χ4v) is 3.58. The predicted octanol–water partition coefficient (Wildman–Crippen LogP) is 5.17. The van der Waals surface area contributed by atoms with Crippen molar-refractivity contribution in [1.29, 1.82) is 0 Å². The van der Waals surface area contributed by atoms with Crippen molar-refractivity contribution in [3.63, 3.8) is 0 Å². The highest BCUT2D eigenvalue weighted by atomic mass is 32.1. The number of alkyl halides is 3. The number of hydrogen-bond donors (Lipinski definition) is 3. The second-order valence-corrected chi connectivity index (χ2v) is 7.17. The zero-order chi connectivity index (χ0) is 20.1. The molecule has 0 aliphatic rings. The van der Waals surface area contributed by atoms with E-state index in [0.29, 0.717) is 4.88 Å². The zero-order valence-electron chi connectivity index (χ0n) is 14.5. The van der Waals surface area contributed by atoms with Crippen molar-refractivity contribution < 1.29 is 23.1 Å². The van der Waals surface area contributed by atoms with E-state index in [9.17, 15) is 23.1 Å². The third-order valence-corrected chi connectivity index (χ3v) is 5.11. The number of amides is 2. The summed E-state index contributed by atoms with van der Waals surface area (Å²) in [5, 5.41) is 15.1. The lowest BCUT2D eigenvalue weighted by Gasteiger charge is -2.13. The summed E-state index contributed by atoms with van der Waals surface area (Å²) in [4.78, 5) is 13.5. The molecule has 0 spiro atoms. The van der Waals surface area contributed by atoms with Gasteiger partial charge in [-0.3, -0.25) is 0 Å². The first-order chi connectivity index (χ1) is 13.3. The zero-order valence-corrected chi connectivity index (χ0v) is 15.3. The molecule has 1 aromatic heterocycles. The van der Waals surface area contributed by atoms with Crippen molar-refractivity contribution >= 4 is 23.1 Å². The van der Waals surface area contributed by atoms with E-state index in [2.05, 4.69) is 10.6 Å². The number of aliphatic hydroxyl groups is 1. The molecule has 1 atom stereocenters. The molecular formula is C20H17F3N2O2S. The summed E-state index contributed by atoms with van der Waals surface area (Å²) in [6.07, 6.45) is -5.33. The molecule has 2 aromatic carbocycles. The average Bonchev–Trinajstić information content (AvgIpc) is 3.15. The number of anilines is 1. The molecule has 0 aliphatic carbocycles. The van der Waals surface area contributed by atoms with Crippen LogP contribution < -0.4 is 10.6 Å². The highest BCUT2D eigenvalue weighted by Crippen LogP contribution is 2.34. The molecular weight excluding hydrogens is 389 g/mol. The molecule has 3 rings (SSSR count). The molecule has 0 radical (unpaired) electrons. The normalized spacial score (nSPS) is 12.4. The van der Waals surface area contributed by atoms with Crippen LogP contribution in [0.4, 0.5) is 23.7 Å². The van der Waals surface area contributed by atoms with Crippen molar-refractivity contribution in [3.8, 4) is 0 Å². The van der Waals surface area contributed by atoms with Crippen LogP contribution in [-0.4, -0.2) is 11.1 Å². The number of halogens is 3. The van der Waals surface area contributed by atoms with Gasteiger partial charge in [0.15, 0.2) is 0 Å². The van der Waals surface area contributed by atoms with E-state index in [0.717, 1.165) is 16.5 Å². The Bertz CT molecular complexity index is 942. The summed E-state index contributed by atoms with van der Waals surface area (Å²) in [5.41, 5.74) is -0.459. The molecule has 3 N–H and O–H groups in total. The largest absolute Gasteiger partial charge is 0.418 e. The van der Waals surface area contributed by atoms with Crippen LogP contribution in [0.1, 0.15) is 27.0 Å². The van der Waals surface area contributed by atoms with Crippen molar-refractivity contribution in [2.45, 2.75) is 18.8 Å². The second kappa shape index (κ2) is 8.45. The number of urea groups is 1. The van der Waals surface area contributed by atoms with Gasteiger partial charge in [0.25, 0.3) is 0 Å². The fraction of sp³-hybridized carbons (Fsp3) is 0.150. The first-order valence-corrected chi connectivity index (χ1v) is 9.19. The number of carbonyl (C=O) groups is 1. The molecule has 0 bridgehead atoms. The predicted molar refractivity (Wildman–Crippen MR) is 102 cm³/mol. The number of rotatable bonds is 5. The minimum absolute atomic E-state index is 0.131. The Morgan fingerprint density at radius 3 is 2.39 bits per heavy atom. The fourth-order valence-electron chi connectivity index (χ4n) is 2.61. The standard InChI is InChI=1S/C20H17F3N2O2S/c21-20(22,23)15-8-4-5-9-16(15)25-19(27)24-12-14-10-11-17(28-14)18(26)13-6-2-1-3-7-13/h1-11,18,26H,12H2,(H2,24,25,27). The SMILES string of the molecule is O=C(NCc1ccc(C(O)c2ccccc2)s1)Nc1ccccc1C(F)(F)F. The summed E-state index contributed by atoms with van der Waals surface area (Å²) in [7, 11) is 0. The quantitative estimate of drug-likeness (QED) is 0.547. The number of thiophene rings is 1. The van der Waals surface area contributed by atoms with Crippen LogP contribution >= 0.6 is 11.3 Å². The van der Waals surface area contributed by atoms with E-state index in [1.807, 2.05) is 30.3 Å². The maximum Gasteiger partial charge on any atom is 0.418 e. The number of carbonyl (C=O) groups excluding carboxylic acids is 1. The highest BCUT2D eigenvalue weighted by Gasteiger charge is 2.33. The Labute approximate surface area is 163 Å². The Kier molecular flexibility index (Phi) is 6.01. The molecule has 1 unspecified atom stereocenters. The molecule has 4 nitrogen and oxygen atoms in total. The molecule has 1 heterocycles. The van der Waals surface area contributed by atoms with E-state index < -0.39 is 23.9 Å². The van der Waals surface area contributed by atoms with Crippen molar-refractivity contribution in [1.82, 2.24) is 5.32 Å². The smallest absolute Gasteiger partial charge is 0.383 e. The maximum atomic E-state index is 13.0. The van der Waals surface area contributed by atoms with Crippen molar-refractivity contribution in [2.75, 3.05) is 5.32 Å². The van der Waals surface area contributed by atoms with Crippen LogP contribution in [0.2, 0.25) is 0 Å². The van der Waals surface area contributed by atoms with Gasteiger partial charge >= 0.3 is 12.2 Å². The molecule has 3 aromatic rings. The van der Waals surface area contributed by atoms with Gasteiger partial charge in [-0.1, -0.05) is 42.5 Å². The first-order valence-electron chi connectivity index (χ1n) is 8.37. The lowest BCUT2D eigenvalue weighted by molar-refractivity contribution is -0.136. The summed E-state index contributed by atoms with van der Waals surface area (Å²) >= 11 is 1.32. The van der Waals surface area contributed by atoms with Crippen LogP contribution in [0, 0.1) is 0 Å². The molecule has 0 saturated carbocycles. The minimum atomic E-state index is -4.56. The van der Waals surface area contributed by atoms with Crippen LogP contribution in [0.3, 0.4) is 0 Å². The Hall–Kier alpha value is -2.84. The summed E-state index contributed by atoms with van der Waals surface area (Å²) in [5.74, 6) is 0.